The Balaban J connectivity index is 1.59. The van der Waals surface area contributed by atoms with E-state index >= 15 is 0 Å². The number of aryl methyl sites for hydroxylation is 1. The van der Waals surface area contributed by atoms with Crippen LogP contribution in [-0.2, 0) is 6.42 Å². The van der Waals surface area contributed by atoms with Crippen LogP contribution in [0.5, 0.6) is 0 Å². The average molecular weight is 327 g/mol. The fourth-order valence-corrected chi connectivity index (χ4v) is 4.28. The quantitative estimate of drug-likeness (QED) is 0.889. The number of rotatable bonds is 5. The highest BCUT2D eigenvalue weighted by atomic mass is 19.4. The minimum absolute atomic E-state index is 0.00741. The monoisotopic (exact) mass is 327 g/mol. The molecule has 23 heavy (non-hydrogen) atoms. The van der Waals surface area contributed by atoms with Gasteiger partial charge in [-0.05, 0) is 43.6 Å². The van der Waals surface area contributed by atoms with Gasteiger partial charge < -0.3 is 5.11 Å². The van der Waals surface area contributed by atoms with Crippen molar-refractivity contribution in [2.75, 3.05) is 6.54 Å². The van der Waals surface area contributed by atoms with E-state index in [0.717, 1.165) is 24.8 Å². The molecule has 0 radical (unpaired) electrons. The van der Waals surface area contributed by atoms with Crippen LogP contribution in [0.15, 0.2) is 30.3 Å². The fraction of sp³-hybridized carbons (Fsp3) is 0.667. The fourth-order valence-electron chi connectivity index (χ4n) is 4.28. The Morgan fingerprint density at radius 1 is 1.17 bits per heavy atom. The van der Waals surface area contributed by atoms with Gasteiger partial charge in [0.25, 0.3) is 0 Å². The van der Waals surface area contributed by atoms with Crippen LogP contribution in [0.3, 0.4) is 0 Å². The molecule has 1 heterocycles. The van der Waals surface area contributed by atoms with Crippen LogP contribution < -0.4 is 0 Å². The lowest BCUT2D eigenvalue weighted by molar-refractivity contribution is -0.182. The molecule has 1 aromatic rings. The normalized spacial score (nSPS) is 29.7. The maximum atomic E-state index is 13.3. The molecule has 1 aliphatic heterocycles. The minimum atomic E-state index is -4.19. The number of hydrogen-bond donors (Lipinski definition) is 1. The Kier molecular flexibility index (Phi) is 4.97. The van der Waals surface area contributed by atoms with Crippen LogP contribution in [0.25, 0.3) is 0 Å². The van der Waals surface area contributed by atoms with Gasteiger partial charge in [0.05, 0.1) is 6.10 Å². The zero-order chi connectivity index (χ0) is 16.4. The van der Waals surface area contributed by atoms with Crippen molar-refractivity contribution in [3.05, 3.63) is 35.9 Å². The summed E-state index contributed by atoms with van der Waals surface area (Å²) in [5.74, 6) is 0.156. The lowest BCUT2D eigenvalue weighted by atomic mass is 10.0. The summed E-state index contributed by atoms with van der Waals surface area (Å²) < 4.78 is 39.9. The van der Waals surface area contributed by atoms with Gasteiger partial charge in [-0.3, -0.25) is 4.90 Å². The highest BCUT2D eigenvalue weighted by Gasteiger charge is 2.54. The molecule has 3 rings (SSSR count). The zero-order valence-electron chi connectivity index (χ0n) is 13.2. The molecule has 128 valence electrons. The number of halogens is 3. The molecule has 2 aliphatic rings. The van der Waals surface area contributed by atoms with Crippen molar-refractivity contribution in [2.45, 2.75) is 62.9 Å². The van der Waals surface area contributed by atoms with Crippen molar-refractivity contribution in [2.24, 2.45) is 5.92 Å². The molecule has 0 bridgehead atoms. The van der Waals surface area contributed by atoms with Gasteiger partial charge in [0.15, 0.2) is 0 Å². The first-order valence-corrected chi connectivity index (χ1v) is 8.49. The zero-order valence-corrected chi connectivity index (χ0v) is 13.2. The molecule has 0 amide bonds. The minimum Gasteiger partial charge on any atom is -0.392 e. The van der Waals surface area contributed by atoms with E-state index < -0.39 is 18.3 Å². The van der Waals surface area contributed by atoms with Crippen molar-refractivity contribution < 1.29 is 18.3 Å². The summed E-state index contributed by atoms with van der Waals surface area (Å²) in [6.07, 6.45) is -0.751. The number of fused-ring (bicyclic) bond motifs is 1. The van der Waals surface area contributed by atoms with Crippen LogP contribution in [0.4, 0.5) is 13.2 Å². The van der Waals surface area contributed by atoms with E-state index in [-0.39, 0.29) is 24.9 Å². The van der Waals surface area contributed by atoms with Crippen molar-refractivity contribution in [1.82, 2.24) is 4.90 Å². The molecule has 0 spiro atoms. The van der Waals surface area contributed by atoms with Gasteiger partial charge in [-0.2, -0.15) is 13.2 Å². The van der Waals surface area contributed by atoms with Crippen molar-refractivity contribution >= 4 is 0 Å². The van der Waals surface area contributed by atoms with Crippen LogP contribution in [0, 0.1) is 5.92 Å². The first-order chi connectivity index (χ1) is 10.9. The number of likely N-dealkylation sites (tertiary alicyclic amines) is 1. The SMILES string of the molecule is OC(CCc1ccccc1)CN1[C@H](C(F)(F)F)C[C@@H]2CCC[C@@H]21. The smallest absolute Gasteiger partial charge is 0.392 e. The van der Waals surface area contributed by atoms with Crippen LogP contribution in [0.1, 0.15) is 37.7 Å². The predicted octanol–water partition coefficient (Wildman–Crippen LogP) is 3.79. The molecule has 1 unspecified atom stereocenters. The maximum Gasteiger partial charge on any atom is 0.404 e. The van der Waals surface area contributed by atoms with Gasteiger partial charge in [0.2, 0.25) is 0 Å². The van der Waals surface area contributed by atoms with E-state index in [2.05, 4.69) is 0 Å². The molecular weight excluding hydrogens is 303 g/mol. The average Bonchev–Trinajstić information content (AvgIpc) is 3.08. The summed E-state index contributed by atoms with van der Waals surface area (Å²) in [7, 11) is 0. The van der Waals surface area contributed by atoms with Gasteiger partial charge >= 0.3 is 6.18 Å². The Labute approximate surface area is 135 Å². The molecular formula is C18H24F3NO. The van der Waals surface area contributed by atoms with Crippen molar-refractivity contribution in [3.8, 4) is 0 Å². The molecule has 1 saturated heterocycles. The molecule has 1 saturated carbocycles. The molecule has 1 aliphatic carbocycles. The molecule has 2 fully saturated rings. The molecule has 0 aromatic heterocycles. The third-order valence-corrected chi connectivity index (χ3v) is 5.38. The third kappa shape index (κ3) is 3.89. The molecule has 5 heteroatoms. The lowest BCUT2D eigenvalue weighted by Gasteiger charge is -2.32. The first kappa shape index (κ1) is 16.8. The van der Waals surface area contributed by atoms with Crippen molar-refractivity contribution in [3.63, 3.8) is 0 Å². The Bertz CT molecular complexity index is 505. The van der Waals surface area contributed by atoms with E-state index in [1.807, 2.05) is 30.3 Å². The summed E-state index contributed by atoms with van der Waals surface area (Å²) in [5.41, 5.74) is 1.11. The van der Waals surface area contributed by atoms with Crippen molar-refractivity contribution in [1.29, 1.82) is 0 Å². The van der Waals surface area contributed by atoms with E-state index in [9.17, 15) is 18.3 Å². The summed E-state index contributed by atoms with van der Waals surface area (Å²) >= 11 is 0. The number of nitrogens with zero attached hydrogens (tertiary/aromatic N) is 1. The van der Waals surface area contributed by atoms with Gasteiger partial charge in [-0.25, -0.2) is 0 Å². The van der Waals surface area contributed by atoms with Gasteiger partial charge in [-0.15, -0.1) is 0 Å². The summed E-state index contributed by atoms with van der Waals surface area (Å²) in [6.45, 7) is 0.137. The second-order valence-corrected chi connectivity index (χ2v) is 6.93. The standard InChI is InChI=1S/C18H24F3NO/c19-18(20,21)17-11-14-7-4-8-16(14)22(17)12-15(23)10-9-13-5-2-1-3-6-13/h1-3,5-6,14-17,23H,4,7-12H2/t14-,15?,16-,17-/m0/s1. The third-order valence-electron chi connectivity index (χ3n) is 5.38. The molecule has 2 nitrogen and oxygen atoms in total. The molecule has 4 atom stereocenters. The topological polar surface area (TPSA) is 23.5 Å². The number of aliphatic hydroxyl groups excluding tert-OH is 1. The number of hydrogen-bond acceptors (Lipinski definition) is 2. The van der Waals surface area contributed by atoms with Crippen LogP contribution >= 0.6 is 0 Å². The van der Waals surface area contributed by atoms with Crippen LogP contribution in [0.2, 0.25) is 0 Å². The Hall–Kier alpha value is -1.07. The van der Waals surface area contributed by atoms with E-state index in [4.69, 9.17) is 0 Å². The van der Waals surface area contributed by atoms with Gasteiger partial charge in [-0.1, -0.05) is 36.8 Å². The predicted molar refractivity (Wildman–Crippen MR) is 83.1 cm³/mol. The number of β-amino-alcohol motifs (C(OH)–C–C–N with tert-alkyl or cyclic N) is 1. The first-order valence-electron chi connectivity index (χ1n) is 8.49. The number of aliphatic hydroxyl groups is 1. The van der Waals surface area contributed by atoms with Gasteiger partial charge in [0, 0.05) is 12.6 Å². The summed E-state index contributed by atoms with van der Waals surface area (Å²) in [6, 6.07) is 8.40. The van der Waals surface area contributed by atoms with E-state index in [1.54, 1.807) is 4.90 Å². The number of benzene rings is 1. The molecule has 1 N–H and O–H groups in total. The maximum absolute atomic E-state index is 13.3. The highest BCUT2D eigenvalue weighted by Crippen LogP contribution is 2.46. The highest BCUT2D eigenvalue weighted by molar-refractivity contribution is 5.14. The second kappa shape index (κ2) is 6.81. The summed E-state index contributed by atoms with van der Waals surface area (Å²) in [4.78, 5) is 1.55. The lowest BCUT2D eigenvalue weighted by Crippen LogP contribution is -2.47. The molecule has 1 aromatic carbocycles. The van der Waals surface area contributed by atoms with E-state index in [0.29, 0.717) is 12.8 Å². The van der Waals surface area contributed by atoms with Gasteiger partial charge in [0.1, 0.15) is 6.04 Å². The van der Waals surface area contributed by atoms with E-state index in [1.165, 1.54) is 0 Å². The summed E-state index contributed by atoms with van der Waals surface area (Å²) in [5, 5.41) is 10.3. The van der Waals surface area contributed by atoms with Crippen LogP contribution in [-0.4, -0.2) is 40.9 Å². The number of alkyl halides is 3. The Morgan fingerprint density at radius 2 is 1.91 bits per heavy atom. The second-order valence-electron chi connectivity index (χ2n) is 6.93. The largest absolute Gasteiger partial charge is 0.404 e. The Morgan fingerprint density at radius 3 is 2.61 bits per heavy atom.